The number of methoxy groups -OCH3 is 1. The molecule has 1 saturated heterocycles. The molecule has 2 aromatic rings. The maximum Gasteiger partial charge on any atom is 0.315 e. The number of aryl methyl sites for hydroxylation is 1. The van der Waals surface area contributed by atoms with Crippen molar-refractivity contribution in [1.29, 1.82) is 0 Å². The van der Waals surface area contributed by atoms with Crippen molar-refractivity contribution in [3.05, 3.63) is 63.2 Å². The summed E-state index contributed by atoms with van der Waals surface area (Å²) in [7, 11) is 3.58. The van der Waals surface area contributed by atoms with Crippen LogP contribution in [-0.4, -0.2) is 42.8 Å². The molecule has 0 aromatic heterocycles. The second-order valence-corrected chi connectivity index (χ2v) is 7.93. The molecule has 2 aliphatic rings. The van der Waals surface area contributed by atoms with Crippen LogP contribution < -0.4 is 14.9 Å². The maximum atomic E-state index is 11.9. The number of fused-ring (bicyclic) bond motifs is 1. The highest BCUT2D eigenvalue weighted by Gasteiger charge is 2.37. The molecule has 2 aromatic carbocycles. The van der Waals surface area contributed by atoms with E-state index in [1.54, 1.807) is 6.07 Å². The first-order valence-corrected chi connectivity index (χ1v) is 10.0. The molecule has 2 unspecified atom stereocenters. The molecule has 2 aliphatic heterocycles. The number of hydrazone groups is 1. The molecule has 1 N–H and O–H groups in total. The number of nitro benzene ring substituents is 1. The second kappa shape index (κ2) is 8.31. The predicted molar refractivity (Wildman–Crippen MR) is 114 cm³/mol. The lowest BCUT2D eigenvalue weighted by atomic mass is 9.86. The average Bonchev–Trinajstić information content (AvgIpc) is 3.14. The molecule has 2 heterocycles. The van der Waals surface area contributed by atoms with E-state index >= 15 is 0 Å². The van der Waals surface area contributed by atoms with Crippen LogP contribution in [0, 0.1) is 23.0 Å². The van der Waals surface area contributed by atoms with Crippen LogP contribution in [-0.2, 0) is 6.61 Å². The fourth-order valence-electron chi connectivity index (χ4n) is 4.19. The first-order valence-electron chi connectivity index (χ1n) is 10.0. The lowest BCUT2D eigenvalue weighted by Crippen LogP contribution is -2.39. The van der Waals surface area contributed by atoms with Crippen molar-refractivity contribution in [2.75, 3.05) is 27.2 Å². The number of hydrogen-bond acceptors (Lipinski definition) is 7. The molecule has 30 heavy (non-hydrogen) atoms. The number of rotatable bonds is 6. The van der Waals surface area contributed by atoms with Crippen molar-refractivity contribution < 1.29 is 14.4 Å². The Bertz CT molecular complexity index is 991. The minimum atomic E-state index is -0.415. The highest BCUT2D eigenvalue weighted by molar-refractivity contribution is 5.90. The van der Waals surface area contributed by atoms with Gasteiger partial charge in [0.1, 0.15) is 6.61 Å². The number of likely N-dealkylation sites (tertiary alicyclic amines) is 1. The van der Waals surface area contributed by atoms with Gasteiger partial charge < -0.3 is 19.8 Å². The fourth-order valence-corrected chi connectivity index (χ4v) is 4.19. The van der Waals surface area contributed by atoms with Crippen LogP contribution in [0.5, 0.6) is 11.5 Å². The molecule has 0 spiro atoms. The third-order valence-corrected chi connectivity index (χ3v) is 5.73. The van der Waals surface area contributed by atoms with E-state index in [0.717, 1.165) is 41.9 Å². The Kier molecular flexibility index (Phi) is 5.59. The van der Waals surface area contributed by atoms with Crippen LogP contribution in [0.3, 0.4) is 0 Å². The number of nitrogens with zero attached hydrogens (tertiary/aromatic N) is 3. The smallest absolute Gasteiger partial charge is 0.315 e. The lowest BCUT2D eigenvalue weighted by molar-refractivity contribution is -0.386. The van der Waals surface area contributed by atoms with Gasteiger partial charge in [-0.25, -0.2) is 0 Å². The van der Waals surface area contributed by atoms with Crippen molar-refractivity contribution in [3.63, 3.8) is 0 Å². The Morgan fingerprint density at radius 2 is 2.17 bits per heavy atom. The molecule has 8 nitrogen and oxygen atoms in total. The lowest BCUT2D eigenvalue weighted by Gasteiger charge is -2.31. The molecular weight excluding hydrogens is 384 g/mol. The van der Waals surface area contributed by atoms with Gasteiger partial charge in [-0.15, -0.1) is 0 Å². The number of nitrogens with one attached hydrogen (secondary N) is 1. The largest absolute Gasteiger partial charge is 0.493 e. The summed E-state index contributed by atoms with van der Waals surface area (Å²) in [6, 6.07) is 11.1. The topological polar surface area (TPSA) is 89.2 Å². The van der Waals surface area contributed by atoms with E-state index in [2.05, 4.69) is 22.5 Å². The molecule has 0 saturated carbocycles. The van der Waals surface area contributed by atoms with Crippen LogP contribution in [0.4, 0.5) is 5.69 Å². The van der Waals surface area contributed by atoms with E-state index in [-0.39, 0.29) is 30.0 Å². The molecule has 8 heteroatoms. The Hall–Kier alpha value is -3.13. The quantitative estimate of drug-likeness (QED) is 0.580. The van der Waals surface area contributed by atoms with Crippen molar-refractivity contribution in [1.82, 2.24) is 10.3 Å². The molecule has 0 amide bonds. The number of ether oxygens (including phenoxy) is 2. The molecule has 0 bridgehead atoms. The molecular formula is C22H26N4O4. The van der Waals surface area contributed by atoms with E-state index in [1.165, 1.54) is 7.11 Å². The van der Waals surface area contributed by atoms with E-state index in [1.807, 2.05) is 37.3 Å². The summed E-state index contributed by atoms with van der Waals surface area (Å²) in [5.74, 6) is 0.686. The first-order chi connectivity index (χ1) is 14.5. The number of hydrogen-bond donors (Lipinski definition) is 1. The summed E-state index contributed by atoms with van der Waals surface area (Å²) in [6.07, 6.45) is 0.904. The SMILES string of the molecule is COc1cc(C2NN=C3CCN(C)CC32)cc([N+](=O)[O-])c1OCc1cccc(C)c1. The third-order valence-electron chi connectivity index (χ3n) is 5.73. The predicted octanol–water partition coefficient (Wildman–Crippen LogP) is 3.44. The molecule has 2 atom stereocenters. The number of benzene rings is 2. The standard InChI is InChI=1S/C22H26N4O4/c1-14-5-4-6-15(9-14)13-30-22-19(26(27)28)10-16(11-20(22)29-3)21-17-12-25(2)8-7-18(17)23-24-21/h4-6,9-11,17,21,24H,7-8,12-13H2,1-3H3. The van der Waals surface area contributed by atoms with Gasteiger partial charge in [-0.3, -0.25) is 10.1 Å². The minimum Gasteiger partial charge on any atom is -0.493 e. The first kappa shape index (κ1) is 20.2. The van der Waals surface area contributed by atoms with E-state index < -0.39 is 4.92 Å². The Morgan fingerprint density at radius 3 is 2.90 bits per heavy atom. The third kappa shape index (κ3) is 3.95. The summed E-state index contributed by atoms with van der Waals surface area (Å²) in [4.78, 5) is 13.7. The zero-order valence-corrected chi connectivity index (χ0v) is 17.4. The number of nitro groups is 1. The van der Waals surface area contributed by atoms with Crippen LogP contribution >= 0.6 is 0 Å². The molecule has 1 fully saturated rings. The molecule has 0 aliphatic carbocycles. The van der Waals surface area contributed by atoms with Gasteiger partial charge in [0.25, 0.3) is 0 Å². The van der Waals surface area contributed by atoms with Gasteiger partial charge in [0, 0.05) is 37.2 Å². The Balaban J connectivity index is 1.64. The normalized spacial score (nSPS) is 20.8. The number of piperidine rings is 1. The monoisotopic (exact) mass is 410 g/mol. The van der Waals surface area contributed by atoms with Gasteiger partial charge in [0.15, 0.2) is 5.75 Å². The van der Waals surface area contributed by atoms with E-state index in [0.29, 0.717) is 5.75 Å². The zero-order chi connectivity index (χ0) is 21.3. The second-order valence-electron chi connectivity index (χ2n) is 7.93. The minimum absolute atomic E-state index is 0.101. The highest BCUT2D eigenvalue weighted by atomic mass is 16.6. The van der Waals surface area contributed by atoms with E-state index in [4.69, 9.17) is 9.47 Å². The van der Waals surface area contributed by atoms with Gasteiger partial charge in [0.05, 0.1) is 18.1 Å². The fraction of sp³-hybridized carbons (Fsp3) is 0.409. The van der Waals surface area contributed by atoms with Crippen molar-refractivity contribution in [3.8, 4) is 11.5 Å². The summed E-state index contributed by atoms with van der Waals surface area (Å²) >= 11 is 0. The summed E-state index contributed by atoms with van der Waals surface area (Å²) in [5, 5.41) is 16.4. The Morgan fingerprint density at radius 1 is 1.33 bits per heavy atom. The highest BCUT2D eigenvalue weighted by Crippen LogP contribution is 2.43. The van der Waals surface area contributed by atoms with Gasteiger partial charge in [-0.05, 0) is 31.2 Å². The van der Waals surface area contributed by atoms with Gasteiger partial charge in [0.2, 0.25) is 5.75 Å². The summed E-state index contributed by atoms with van der Waals surface area (Å²) in [6.45, 7) is 4.05. The zero-order valence-electron chi connectivity index (χ0n) is 17.4. The van der Waals surface area contributed by atoms with Gasteiger partial charge >= 0.3 is 5.69 Å². The van der Waals surface area contributed by atoms with E-state index in [9.17, 15) is 10.1 Å². The summed E-state index contributed by atoms with van der Waals surface area (Å²) < 4.78 is 11.4. The Labute approximate surface area is 175 Å². The molecule has 158 valence electrons. The average molecular weight is 410 g/mol. The molecule has 0 radical (unpaired) electrons. The van der Waals surface area contributed by atoms with Crippen LogP contribution in [0.15, 0.2) is 41.5 Å². The van der Waals surface area contributed by atoms with Crippen LogP contribution in [0.1, 0.15) is 29.2 Å². The van der Waals surface area contributed by atoms with Crippen molar-refractivity contribution in [2.24, 2.45) is 11.0 Å². The van der Waals surface area contributed by atoms with Crippen LogP contribution in [0.25, 0.3) is 0 Å². The van der Waals surface area contributed by atoms with Gasteiger partial charge in [-0.1, -0.05) is 29.8 Å². The van der Waals surface area contributed by atoms with Crippen molar-refractivity contribution in [2.45, 2.75) is 26.0 Å². The van der Waals surface area contributed by atoms with Gasteiger partial charge in [-0.2, -0.15) is 5.10 Å². The van der Waals surface area contributed by atoms with Crippen molar-refractivity contribution >= 4 is 11.4 Å². The maximum absolute atomic E-state index is 11.9. The van der Waals surface area contributed by atoms with Crippen LogP contribution in [0.2, 0.25) is 0 Å². The molecule has 4 rings (SSSR count). The summed E-state index contributed by atoms with van der Waals surface area (Å²) in [5.41, 5.74) is 7.03.